The zero-order chi connectivity index (χ0) is 14.7. The lowest BCUT2D eigenvalue weighted by molar-refractivity contribution is -0.155. The van der Waals surface area contributed by atoms with Crippen molar-refractivity contribution in [2.75, 3.05) is 0 Å². The minimum atomic E-state index is -1.10. The summed E-state index contributed by atoms with van der Waals surface area (Å²) in [7, 11) is 0. The fourth-order valence-corrected chi connectivity index (χ4v) is 1.96. The summed E-state index contributed by atoms with van der Waals surface area (Å²) in [5, 5.41) is 9.72. The van der Waals surface area contributed by atoms with Crippen molar-refractivity contribution < 1.29 is 9.53 Å². The molecule has 0 aromatic carbocycles. The molecule has 4 nitrogen and oxygen atoms in total. The molecule has 1 heterocycles. The number of ether oxygens (including phenoxy) is 1. The summed E-state index contributed by atoms with van der Waals surface area (Å²) in [5.74, 6) is -0.446. The second-order valence-electron chi connectivity index (χ2n) is 5.54. The number of hydrogen-bond acceptors (Lipinski definition) is 4. The zero-order valence-electron chi connectivity index (χ0n) is 11.5. The fraction of sp³-hybridized carbons (Fsp3) is 0.500. The van der Waals surface area contributed by atoms with Crippen LogP contribution in [0.25, 0.3) is 0 Å². The molecule has 0 spiro atoms. The number of halogens is 1. The van der Waals surface area contributed by atoms with Gasteiger partial charge in [-0.25, -0.2) is 0 Å². The first-order valence-electron chi connectivity index (χ1n) is 5.92. The van der Waals surface area contributed by atoms with Crippen molar-refractivity contribution in [3.8, 4) is 6.07 Å². The molecular formula is C14H17ClN2O2. The third-order valence-electron chi connectivity index (χ3n) is 2.45. The molecule has 1 atom stereocenters. The average Bonchev–Trinajstić information content (AvgIpc) is 2.26. The zero-order valence-corrected chi connectivity index (χ0v) is 12.3. The summed E-state index contributed by atoms with van der Waals surface area (Å²) >= 11 is 6.04. The van der Waals surface area contributed by atoms with E-state index in [4.69, 9.17) is 16.3 Å². The highest BCUT2D eigenvalue weighted by molar-refractivity contribution is 6.31. The number of pyridine rings is 1. The molecule has 5 heteroatoms. The van der Waals surface area contributed by atoms with Crippen molar-refractivity contribution in [3.05, 3.63) is 29.0 Å². The third kappa shape index (κ3) is 4.22. The lowest BCUT2D eigenvalue weighted by Crippen LogP contribution is -2.31. The Morgan fingerprint density at radius 3 is 2.58 bits per heavy atom. The number of rotatable bonds is 3. The number of nitriles is 1. The van der Waals surface area contributed by atoms with Crippen LogP contribution < -0.4 is 0 Å². The number of carbonyl (C=O) groups is 1. The number of nitrogens with zero attached hydrogens (tertiary/aromatic N) is 2. The van der Waals surface area contributed by atoms with Crippen LogP contribution in [0.5, 0.6) is 0 Å². The largest absolute Gasteiger partial charge is 0.460 e. The molecule has 1 unspecified atom stereocenters. The molecule has 1 rings (SSSR count). The summed E-state index contributed by atoms with van der Waals surface area (Å²) in [6.45, 7) is 6.97. The van der Waals surface area contributed by atoms with E-state index in [0.717, 1.165) is 0 Å². The molecule has 0 aliphatic carbocycles. The highest BCUT2D eigenvalue weighted by Crippen LogP contribution is 2.31. The highest BCUT2D eigenvalue weighted by Gasteiger charge is 2.35. The first-order chi connectivity index (χ1) is 8.68. The van der Waals surface area contributed by atoms with Crippen LogP contribution in [0.3, 0.4) is 0 Å². The molecule has 0 aliphatic heterocycles. The Hall–Kier alpha value is -1.60. The number of carbonyl (C=O) groups excluding carboxylic acids is 1. The van der Waals surface area contributed by atoms with Gasteiger partial charge in [-0.05, 0) is 39.8 Å². The van der Waals surface area contributed by atoms with Gasteiger partial charge in [0.2, 0.25) is 0 Å². The molecule has 0 bridgehead atoms. The Balaban J connectivity index is 2.98. The van der Waals surface area contributed by atoms with Gasteiger partial charge in [0.05, 0.1) is 23.2 Å². The normalized spacial score (nSPS) is 14.3. The van der Waals surface area contributed by atoms with Crippen molar-refractivity contribution >= 4 is 17.6 Å². The van der Waals surface area contributed by atoms with Crippen LogP contribution in [0.4, 0.5) is 0 Å². The lowest BCUT2D eigenvalue weighted by Gasteiger charge is -2.24. The number of esters is 1. The molecule has 0 aliphatic rings. The van der Waals surface area contributed by atoms with Gasteiger partial charge in [0, 0.05) is 6.20 Å². The second-order valence-corrected chi connectivity index (χ2v) is 5.95. The first-order valence-corrected chi connectivity index (χ1v) is 6.30. The molecule has 0 N–H and O–H groups in total. The molecule has 1 aromatic rings. The summed E-state index contributed by atoms with van der Waals surface area (Å²) in [6.07, 6.45) is 1.46. The van der Waals surface area contributed by atoms with Crippen LogP contribution >= 0.6 is 11.6 Å². The van der Waals surface area contributed by atoms with Gasteiger partial charge in [0.1, 0.15) is 11.0 Å². The van der Waals surface area contributed by atoms with Gasteiger partial charge in [-0.3, -0.25) is 9.78 Å². The molecule has 0 saturated heterocycles. The van der Waals surface area contributed by atoms with Gasteiger partial charge in [-0.2, -0.15) is 5.26 Å². The topological polar surface area (TPSA) is 63.0 Å². The van der Waals surface area contributed by atoms with Gasteiger partial charge in [0.25, 0.3) is 0 Å². The molecule has 1 aromatic heterocycles. The van der Waals surface area contributed by atoms with Crippen molar-refractivity contribution in [1.29, 1.82) is 5.26 Å². The standard InChI is InChI=1S/C14H17ClN2O2/c1-13(2,3)19-11(18)8-14(4,9-16)12-10(15)6-5-7-17-12/h5-7H,8H2,1-4H3. The maximum absolute atomic E-state index is 11.9. The van der Waals surface area contributed by atoms with Crippen molar-refractivity contribution in [1.82, 2.24) is 4.98 Å². The fourth-order valence-electron chi connectivity index (χ4n) is 1.63. The maximum Gasteiger partial charge on any atom is 0.308 e. The Morgan fingerprint density at radius 2 is 2.11 bits per heavy atom. The van der Waals surface area contributed by atoms with Crippen LogP contribution in [0.1, 0.15) is 39.8 Å². The van der Waals surface area contributed by atoms with Gasteiger partial charge < -0.3 is 4.74 Å². The monoisotopic (exact) mass is 280 g/mol. The summed E-state index contributed by atoms with van der Waals surface area (Å²) in [6, 6.07) is 5.43. The lowest BCUT2D eigenvalue weighted by atomic mass is 9.84. The molecule has 0 saturated carbocycles. The van der Waals surface area contributed by atoms with Crippen LogP contribution in [0.2, 0.25) is 5.02 Å². The van der Waals surface area contributed by atoms with Gasteiger partial charge in [0.15, 0.2) is 0 Å². The van der Waals surface area contributed by atoms with Crippen LogP contribution in [0, 0.1) is 11.3 Å². The van der Waals surface area contributed by atoms with E-state index >= 15 is 0 Å². The minimum absolute atomic E-state index is 0.0858. The van der Waals surface area contributed by atoms with Crippen LogP contribution in [-0.2, 0) is 14.9 Å². The summed E-state index contributed by atoms with van der Waals surface area (Å²) < 4.78 is 5.24. The minimum Gasteiger partial charge on any atom is -0.460 e. The highest BCUT2D eigenvalue weighted by atomic mass is 35.5. The molecule has 0 fully saturated rings. The smallest absolute Gasteiger partial charge is 0.308 e. The van der Waals surface area contributed by atoms with Crippen molar-refractivity contribution in [2.45, 2.75) is 45.1 Å². The van der Waals surface area contributed by atoms with E-state index in [1.165, 1.54) is 0 Å². The van der Waals surface area contributed by atoms with Gasteiger partial charge >= 0.3 is 5.97 Å². The van der Waals surface area contributed by atoms with E-state index in [1.807, 2.05) is 0 Å². The number of aromatic nitrogens is 1. The summed E-state index contributed by atoms with van der Waals surface area (Å²) in [4.78, 5) is 16.0. The quantitative estimate of drug-likeness (QED) is 0.797. The van der Waals surface area contributed by atoms with E-state index in [1.54, 1.807) is 46.0 Å². The number of hydrogen-bond donors (Lipinski definition) is 0. The van der Waals surface area contributed by atoms with Gasteiger partial charge in [-0.15, -0.1) is 0 Å². The Morgan fingerprint density at radius 1 is 1.47 bits per heavy atom. The Bertz CT molecular complexity index is 517. The van der Waals surface area contributed by atoms with E-state index in [9.17, 15) is 10.1 Å². The van der Waals surface area contributed by atoms with E-state index in [0.29, 0.717) is 10.7 Å². The molecular weight excluding hydrogens is 264 g/mol. The maximum atomic E-state index is 11.9. The third-order valence-corrected chi connectivity index (χ3v) is 2.75. The molecule has 0 amide bonds. The second kappa shape index (κ2) is 5.58. The molecule has 19 heavy (non-hydrogen) atoms. The predicted molar refractivity (Wildman–Crippen MR) is 72.7 cm³/mol. The van der Waals surface area contributed by atoms with E-state index in [-0.39, 0.29) is 6.42 Å². The molecule has 0 radical (unpaired) electrons. The van der Waals surface area contributed by atoms with Crippen molar-refractivity contribution in [3.63, 3.8) is 0 Å². The Labute approximate surface area is 118 Å². The Kier molecular flexibility index (Phi) is 4.54. The predicted octanol–water partition coefficient (Wildman–Crippen LogP) is 3.25. The van der Waals surface area contributed by atoms with Crippen LogP contribution in [0.15, 0.2) is 18.3 Å². The SMILES string of the molecule is CC(C)(C)OC(=O)CC(C)(C#N)c1ncccc1Cl. The summed E-state index contributed by atoms with van der Waals surface area (Å²) in [5.41, 5.74) is -1.28. The molecule has 102 valence electrons. The first kappa shape index (κ1) is 15.5. The van der Waals surface area contributed by atoms with Crippen molar-refractivity contribution in [2.24, 2.45) is 0 Å². The average molecular weight is 281 g/mol. The van der Waals surface area contributed by atoms with E-state index < -0.39 is 17.0 Å². The van der Waals surface area contributed by atoms with Crippen LogP contribution in [-0.4, -0.2) is 16.6 Å². The van der Waals surface area contributed by atoms with Gasteiger partial charge in [-0.1, -0.05) is 11.6 Å². The van der Waals surface area contributed by atoms with E-state index in [2.05, 4.69) is 11.1 Å².